The molecule has 0 aromatic heterocycles. The summed E-state index contributed by atoms with van der Waals surface area (Å²) >= 11 is 0. The minimum absolute atomic E-state index is 0. The van der Waals surface area contributed by atoms with Crippen LogP contribution in [0, 0.1) is 0 Å². The van der Waals surface area contributed by atoms with E-state index in [0.717, 1.165) is 12.1 Å². The van der Waals surface area contributed by atoms with E-state index in [4.69, 9.17) is 0 Å². The molecule has 1 aromatic rings. The first-order valence-corrected chi connectivity index (χ1v) is 4.46. The van der Waals surface area contributed by atoms with Gasteiger partial charge < -0.3 is 4.55 Å². The molecular weight excluding hydrogens is 219 g/mol. The summed E-state index contributed by atoms with van der Waals surface area (Å²) in [4.78, 5) is 9.81. The van der Waals surface area contributed by atoms with Crippen molar-refractivity contribution in [2.75, 3.05) is 0 Å². The molecule has 0 bridgehead atoms. The minimum Gasteiger partial charge on any atom is -0.744 e. The predicted octanol–water partition coefficient (Wildman–Crippen LogP) is -2.59. The molecular formula is C7H5KO4S. The van der Waals surface area contributed by atoms with E-state index >= 15 is 0 Å². The van der Waals surface area contributed by atoms with Gasteiger partial charge >= 0.3 is 51.4 Å². The van der Waals surface area contributed by atoms with Crippen molar-refractivity contribution >= 4 is 16.4 Å². The topological polar surface area (TPSA) is 74.3 Å². The van der Waals surface area contributed by atoms with Crippen molar-refractivity contribution in [2.24, 2.45) is 0 Å². The number of carbonyl (C=O) groups is 1. The van der Waals surface area contributed by atoms with E-state index in [2.05, 4.69) is 0 Å². The fraction of sp³-hybridized carbons (Fsp3) is 0. The van der Waals surface area contributed by atoms with Crippen LogP contribution in [0.25, 0.3) is 0 Å². The normalized spacial score (nSPS) is 10.2. The van der Waals surface area contributed by atoms with Gasteiger partial charge in [-0.05, 0) is 12.1 Å². The van der Waals surface area contributed by atoms with E-state index in [1.54, 1.807) is 0 Å². The molecule has 0 saturated heterocycles. The molecule has 0 spiro atoms. The van der Waals surface area contributed by atoms with Gasteiger partial charge in [0.1, 0.15) is 16.4 Å². The Hall–Kier alpha value is 0.436. The van der Waals surface area contributed by atoms with Crippen LogP contribution in [0.3, 0.4) is 0 Å². The summed E-state index contributed by atoms with van der Waals surface area (Å²) in [6.45, 7) is 0. The Morgan fingerprint density at radius 3 is 1.92 bits per heavy atom. The quantitative estimate of drug-likeness (QED) is 0.314. The van der Waals surface area contributed by atoms with Gasteiger partial charge in [-0.25, -0.2) is 8.42 Å². The maximum absolute atomic E-state index is 10.4. The molecule has 1 aromatic carbocycles. The van der Waals surface area contributed by atoms with Crippen LogP contribution in [-0.4, -0.2) is 19.3 Å². The minimum atomic E-state index is -4.39. The van der Waals surface area contributed by atoms with Gasteiger partial charge in [0.2, 0.25) is 0 Å². The molecule has 1 rings (SSSR count). The van der Waals surface area contributed by atoms with Gasteiger partial charge in [-0.2, -0.15) is 0 Å². The van der Waals surface area contributed by atoms with Gasteiger partial charge in [-0.3, -0.25) is 4.79 Å². The Morgan fingerprint density at radius 2 is 1.62 bits per heavy atom. The van der Waals surface area contributed by atoms with Gasteiger partial charge in [-0.1, -0.05) is 12.1 Å². The van der Waals surface area contributed by atoms with Gasteiger partial charge in [0.15, 0.2) is 0 Å². The Kier molecular flexibility index (Phi) is 5.53. The number of carbonyl (C=O) groups excluding carboxylic acids is 1. The molecule has 0 N–H and O–H groups in total. The molecule has 0 fully saturated rings. The van der Waals surface area contributed by atoms with Crippen molar-refractivity contribution in [2.45, 2.75) is 4.90 Å². The van der Waals surface area contributed by atoms with Crippen LogP contribution in [-0.2, 0) is 10.1 Å². The number of rotatable bonds is 2. The maximum atomic E-state index is 10.4. The van der Waals surface area contributed by atoms with E-state index in [9.17, 15) is 17.8 Å². The Labute approximate surface area is 119 Å². The van der Waals surface area contributed by atoms with Crippen molar-refractivity contribution < 1.29 is 69.1 Å². The molecule has 6 heteroatoms. The van der Waals surface area contributed by atoms with E-state index in [0.29, 0.717) is 11.8 Å². The van der Waals surface area contributed by atoms with Gasteiger partial charge in [0.05, 0.1) is 4.90 Å². The summed E-state index contributed by atoms with van der Waals surface area (Å²) in [7, 11) is -4.39. The Morgan fingerprint density at radius 1 is 1.15 bits per heavy atom. The number of hydrogen-bond donors (Lipinski definition) is 0. The van der Waals surface area contributed by atoms with Crippen molar-refractivity contribution in [3.8, 4) is 0 Å². The second-order valence-electron chi connectivity index (χ2n) is 2.14. The number of hydrogen-bond acceptors (Lipinski definition) is 4. The predicted molar refractivity (Wildman–Crippen MR) is 39.8 cm³/mol. The van der Waals surface area contributed by atoms with Gasteiger partial charge in [0.25, 0.3) is 0 Å². The maximum Gasteiger partial charge on any atom is 1.00 e. The number of aldehydes is 1. The smallest absolute Gasteiger partial charge is 0.744 e. The van der Waals surface area contributed by atoms with E-state index in [1.807, 2.05) is 0 Å². The van der Waals surface area contributed by atoms with Crippen molar-refractivity contribution in [3.05, 3.63) is 29.8 Å². The molecule has 0 amide bonds. The number of benzene rings is 1. The molecule has 4 nitrogen and oxygen atoms in total. The summed E-state index contributed by atoms with van der Waals surface area (Å²) in [6.07, 6.45) is 0.571. The molecule has 0 aliphatic heterocycles. The molecule has 0 saturated carbocycles. The standard InChI is InChI=1S/C7H6O4S.K/c8-5-6-1-3-7(4-2-6)12(9,10)11;/h1-5H,(H,9,10,11);/q;+1/p-1. The van der Waals surface area contributed by atoms with Crippen LogP contribution in [0.15, 0.2) is 29.2 Å². The summed E-state index contributed by atoms with van der Waals surface area (Å²) < 4.78 is 31.2. The van der Waals surface area contributed by atoms with Crippen LogP contribution in [0.5, 0.6) is 0 Å². The van der Waals surface area contributed by atoms with Crippen LogP contribution in [0.4, 0.5) is 0 Å². The summed E-state index contributed by atoms with van der Waals surface area (Å²) in [6, 6.07) is 4.76. The first-order valence-electron chi connectivity index (χ1n) is 3.05. The first kappa shape index (κ1) is 13.4. The van der Waals surface area contributed by atoms with Crippen molar-refractivity contribution in [3.63, 3.8) is 0 Å². The largest absolute Gasteiger partial charge is 1.00 e. The second kappa shape index (κ2) is 5.35. The van der Waals surface area contributed by atoms with Crippen LogP contribution >= 0.6 is 0 Å². The van der Waals surface area contributed by atoms with Crippen molar-refractivity contribution in [1.82, 2.24) is 0 Å². The molecule has 0 aliphatic carbocycles. The third kappa shape index (κ3) is 3.99. The van der Waals surface area contributed by atoms with Crippen LogP contribution < -0.4 is 51.4 Å². The van der Waals surface area contributed by atoms with Gasteiger partial charge in [0, 0.05) is 5.56 Å². The monoisotopic (exact) mass is 224 g/mol. The van der Waals surface area contributed by atoms with E-state index in [-0.39, 0.29) is 56.3 Å². The van der Waals surface area contributed by atoms with E-state index < -0.39 is 10.1 Å². The van der Waals surface area contributed by atoms with Gasteiger partial charge in [-0.15, -0.1) is 0 Å². The molecule has 0 radical (unpaired) electrons. The average molecular weight is 224 g/mol. The molecule has 0 unspecified atom stereocenters. The third-order valence-corrected chi connectivity index (χ3v) is 2.15. The second-order valence-corrected chi connectivity index (χ2v) is 3.52. The fourth-order valence-electron chi connectivity index (χ4n) is 0.713. The third-order valence-electron chi connectivity index (χ3n) is 1.30. The van der Waals surface area contributed by atoms with Crippen molar-refractivity contribution in [1.29, 1.82) is 0 Å². The fourth-order valence-corrected chi connectivity index (χ4v) is 1.18. The molecule has 13 heavy (non-hydrogen) atoms. The zero-order valence-corrected chi connectivity index (χ0v) is 10.9. The van der Waals surface area contributed by atoms with Crippen LogP contribution in [0.1, 0.15) is 10.4 Å². The Balaban J connectivity index is 0.00000144. The summed E-state index contributed by atoms with van der Waals surface area (Å²) in [5.41, 5.74) is 0.336. The summed E-state index contributed by atoms with van der Waals surface area (Å²) in [5, 5.41) is 0. The molecule has 0 aliphatic rings. The van der Waals surface area contributed by atoms with Crippen LogP contribution in [0.2, 0.25) is 0 Å². The zero-order valence-electron chi connectivity index (χ0n) is 6.93. The molecule has 0 atom stereocenters. The van der Waals surface area contributed by atoms with E-state index in [1.165, 1.54) is 12.1 Å². The average Bonchev–Trinajstić information content (AvgIpc) is 2.03. The first-order chi connectivity index (χ1) is 5.54. The molecule has 0 heterocycles. The molecule has 64 valence electrons. The summed E-state index contributed by atoms with van der Waals surface area (Å²) in [5.74, 6) is 0. The SMILES string of the molecule is O=Cc1ccc(S(=O)(=O)[O-])cc1.[K+]. The Bertz CT molecular complexity index is 381. The zero-order chi connectivity index (χ0) is 9.19.